The summed E-state index contributed by atoms with van der Waals surface area (Å²) in [6.45, 7) is 0.711. The van der Waals surface area contributed by atoms with Crippen LogP contribution in [0.25, 0.3) is 10.9 Å². The van der Waals surface area contributed by atoms with Gasteiger partial charge in [0.2, 0.25) is 15.9 Å². The summed E-state index contributed by atoms with van der Waals surface area (Å²) >= 11 is 3.18. The van der Waals surface area contributed by atoms with Gasteiger partial charge in [0, 0.05) is 42.2 Å². The molecule has 0 saturated carbocycles. The van der Waals surface area contributed by atoms with Crippen LogP contribution in [0.2, 0.25) is 0 Å². The van der Waals surface area contributed by atoms with Gasteiger partial charge >= 0.3 is 0 Å². The standard InChI is InChI=1S/C19H20BrN3O4S/c20-15-5-6-17(24)18(13-15)28(26,27)22-10-9-21-19(25)8-12-23-11-7-14-3-1-2-4-16(14)23/h1-7,11,13,22,24H,8-10,12H2,(H,21,25). The Morgan fingerprint density at radius 3 is 2.71 bits per heavy atom. The molecule has 3 rings (SSSR count). The number of carbonyl (C=O) groups is 1. The molecule has 9 heteroatoms. The first-order valence-electron chi connectivity index (χ1n) is 8.65. The van der Waals surface area contributed by atoms with Crippen LogP contribution in [0.5, 0.6) is 5.75 Å². The van der Waals surface area contributed by atoms with E-state index < -0.39 is 10.0 Å². The van der Waals surface area contributed by atoms with Crippen molar-refractivity contribution < 1.29 is 18.3 Å². The van der Waals surface area contributed by atoms with Gasteiger partial charge in [-0.3, -0.25) is 4.79 Å². The highest BCUT2D eigenvalue weighted by Gasteiger charge is 2.18. The van der Waals surface area contributed by atoms with E-state index >= 15 is 0 Å². The molecule has 3 N–H and O–H groups in total. The second kappa shape index (κ2) is 8.76. The van der Waals surface area contributed by atoms with Gasteiger partial charge in [-0.05, 0) is 35.7 Å². The third kappa shape index (κ3) is 4.92. The van der Waals surface area contributed by atoms with Crippen molar-refractivity contribution in [3.8, 4) is 5.75 Å². The fourth-order valence-corrected chi connectivity index (χ4v) is 4.48. The van der Waals surface area contributed by atoms with Gasteiger partial charge in [0.25, 0.3) is 0 Å². The molecule has 2 aromatic carbocycles. The Bertz CT molecular complexity index is 1100. The first-order chi connectivity index (χ1) is 13.4. The van der Waals surface area contributed by atoms with E-state index in [2.05, 4.69) is 26.0 Å². The van der Waals surface area contributed by atoms with E-state index in [0.29, 0.717) is 11.0 Å². The number of rotatable bonds is 8. The maximum absolute atomic E-state index is 12.2. The Kier molecular flexibility index (Phi) is 6.38. The molecule has 0 saturated heterocycles. The molecule has 7 nitrogen and oxygen atoms in total. The molecule has 0 radical (unpaired) electrons. The number of carbonyl (C=O) groups excluding carboxylic acids is 1. The van der Waals surface area contributed by atoms with Crippen LogP contribution in [-0.2, 0) is 21.4 Å². The number of para-hydroxylation sites is 1. The van der Waals surface area contributed by atoms with Crippen LogP contribution < -0.4 is 10.0 Å². The van der Waals surface area contributed by atoms with E-state index in [1.807, 2.05) is 41.1 Å². The zero-order valence-electron chi connectivity index (χ0n) is 14.9. The number of nitrogens with zero attached hydrogens (tertiary/aromatic N) is 1. The number of hydrogen-bond donors (Lipinski definition) is 3. The zero-order valence-corrected chi connectivity index (χ0v) is 17.3. The number of hydrogen-bond acceptors (Lipinski definition) is 4. The van der Waals surface area contributed by atoms with E-state index in [4.69, 9.17) is 0 Å². The molecule has 0 bridgehead atoms. The summed E-state index contributed by atoms with van der Waals surface area (Å²) < 4.78 is 29.4. The first kappa shape index (κ1) is 20.4. The van der Waals surface area contributed by atoms with Crippen molar-refractivity contribution in [3.05, 3.63) is 59.2 Å². The third-order valence-corrected chi connectivity index (χ3v) is 6.19. The molecule has 28 heavy (non-hydrogen) atoms. The summed E-state index contributed by atoms with van der Waals surface area (Å²) in [4.78, 5) is 11.8. The molecule has 1 amide bonds. The lowest BCUT2D eigenvalue weighted by molar-refractivity contribution is -0.121. The Morgan fingerprint density at radius 2 is 1.89 bits per heavy atom. The molecule has 0 atom stereocenters. The quantitative estimate of drug-likeness (QED) is 0.445. The fourth-order valence-electron chi connectivity index (χ4n) is 2.81. The Balaban J connectivity index is 1.46. The van der Waals surface area contributed by atoms with Gasteiger partial charge in [-0.1, -0.05) is 34.1 Å². The highest BCUT2D eigenvalue weighted by Crippen LogP contribution is 2.25. The first-order valence-corrected chi connectivity index (χ1v) is 10.9. The van der Waals surface area contributed by atoms with Gasteiger partial charge in [-0.15, -0.1) is 0 Å². The van der Waals surface area contributed by atoms with Crippen molar-refractivity contribution in [2.24, 2.45) is 0 Å². The summed E-state index contributed by atoms with van der Waals surface area (Å²) in [6, 6.07) is 14.1. The number of amides is 1. The van der Waals surface area contributed by atoms with Crippen molar-refractivity contribution in [2.45, 2.75) is 17.9 Å². The van der Waals surface area contributed by atoms with Crippen LogP contribution in [0.15, 0.2) is 64.1 Å². The topological polar surface area (TPSA) is 100 Å². The van der Waals surface area contributed by atoms with Gasteiger partial charge in [-0.25, -0.2) is 13.1 Å². The van der Waals surface area contributed by atoms with Gasteiger partial charge in [-0.2, -0.15) is 0 Å². The summed E-state index contributed by atoms with van der Waals surface area (Å²) in [6.07, 6.45) is 2.23. The number of halogens is 1. The van der Waals surface area contributed by atoms with Gasteiger partial charge in [0.15, 0.2) is 0 Å². The number of phenols is 1. The summed E-state index contributed by atoms with van der Waals surface area (Å²) in [7, 11) is -3.87. The van der Waals surface area contributed by atoms with Crippen LogP contribution in [0.4, 0.5) is 0 Å². The number of sulfonamides is 1. The SMILES string of the molecule is O=C(CCn1ccc2ccccc21)NCCNS(=O)(=O)c1cc(Br)ccc1O. The van der Waals surface area contributed by atoms with Crippen LogP contribution in [0.3, 0.4) is 0 Å². The maximum Gasteiger partial charge on any atom is 0.244 e. The van der Waals surface area contributed by atoms with Crippen molar-refractivity contribution in [1.29, 1.82) is 0 Å². The molecule has 1 heterocycles. The average molecular weight is 466 g/mol. The number of fused-ring (bicyclic) bond motifs is 1. The molecule has 1 aromatic heterocycles. The molecular formula is C19H20BrN3O4S. The highest BCUT2D eigenvalue weighted by atomic mass is 79.9. The molecule has 148 valence electrons. The van der Waals surface area contributed by atoms with Crippen LogP contribution in [0.1, 0.15) is 6.42 Å². The Labute approximate surface area is 171 Å². The molecule has 0 aliphatic carbocycles. The van der Waals surface area contributed by atoms with Crippen molar-refractivity contribution in [1.82, 2.24) is 14.6 Å². The van der Waals surface area contributed by atoms with Crippen LogP contribution in [-0.4, -0.2) is 37.1 Å². The average Bonchev–Trinajstić information content (AvgIpc) is 3.08. The zero-order chi connectivity index (χ0) is 20.1. The number of aromatic hydroxyl groups is 1. The predicted molar refractivity (Wildman–Crippen MR) is 111 cm³/mol. The van der Waals surface area contributed by atoms with E-state index in [0.717, 1.165) is 10.9 Å². The van der Waals surface area contributed by atoms with Crippen LogP contribution >= 0.6 is 15.9 Å². The normalized spacial score (nSPS) is 11.6. The Morgan fingerprint density at radius 1 is 1.11 bits per heavy atom. The van der Waals surface area contributed by atoms with Crippen molar-refractivity contribution >= 4 is 42.8 Å². The fraction of sp³-hybridized carbons (Fsp3) is 0.211. The van der Waals surface area contributed by atoms with Gasteiger partial charge in [0.05, 0.1) is 0 Å². The van der Waals surface area contributed by atoms with Crippen molar-refractivity contribution in [2.75, 3.05) is 13.1 Å². The molecule has 0 aliphatic heterocycles. The van der Waals surface area contributed by atoms with Gasteiger partial charge in [0.1, 0.15) is 10.6 Å². The number of aromatic nitrogens is 1. The number of phenolic OH excluding ortho intramolecular Hbond substituents is 1. The summed E-state index contributed by atoms with van der Waals surface area (Å²) in [5.74, 6) is -0.499. The van der Waals surface area contributed by atoms with Gasteiger partial charge < -0.3 is 15.0 Å². The number of aryl methyl sites for hydroxylation is 1. The second-order valence-electron chi connectivity index (χ2n) is 6.18. The monoisotopic (exact) mass is 465 g/mol. The molecule has 0 aliphatic rings. The third-order valence-electron chi connectivity index (χ3n) is 4.21. The van der Waals surface area contributed by atoms with E-state index in [-0.39, 0.29) is 36.1 Å². The summed E-state index contributed by atoms with van der Waals surface area (Å²) in [5.41, 5.74) is 1.07. The minimum atomic E-state index is -3.87. The smallest absolute Gasteiger partial charge is 0.244 e. The summed E-state index contributed by atoms with van der Waals surface area (Å²) in [5, 5.41) is 13.5. The van der Waals surface area contributed by atoms with Crippen LogP contribution in [0, 0.1) is 0 Å². The van der Waals surface area contributed by atoms with E-state index in [1.54, 1.807) is 6.07 Å². The highest BCUT2D eigenvalue weighted by molar-refractivity contribution is 9.10. The largest absolute Gasteiger partial charge is 0.507 e. The predicted octanol–water partition coefficient (Wildman–Crippen LogP) is 2.59. The lowest BCUT2D eigenvalue weighted by Crippen LogP contribution is -2.35. The molecular weight excluding hydrogens is 446 g/mol. The van der Waals surface area contributed by atoms with Crippen molar-refractivity contribution in [3.63, 3.8) is 0 Å². The minimum absolute atomic E-state index is 0.0203. The number of benzene rings is 2. The lowest BCUT2D eigenvalue weighted by Gasteiger charge is -2.10. The maximum atomic E-state index is 12.2. The molecule has 0 unspecified atom stereocenters. The second-order valence-corrected chi connectivity index (χ2v) is 8.83. The molecule has 0 fully saturated rings. The number of nitrogens with one attached hydrogen (secondary N) is 2. The Hall–Kier alpha value is -2.36. The lowest BCUT2D eigenvalue weighted by atomic mass is 10.2. The van der Waals surface area contributed by atoms with E-state index in [9.17, 15) is 18.3 Å². The molecule has 3 aromatic rings. The molecule has 0 spiro atoms. The minimum Gasteiger partial charge on any atom is -0.507 e. The van der Waals surface area contributed by atoms with E-state index in [1.165, 1.54) is 12.1 Å².